The van der Waals surface area contributed by atoms with Gasteiger partial charge in [-0.2, -0.15) is 0 Å². The smallest absolute Gasteiger partial charge is 0.262 e. The van der Waals surface area contributed by atoms with Crippen LogP contribution >= 0.6 is 11.8 Å². The predicted octanol–water partition coefficient (Wildman–Crippen LogP) is 5.45. The molecule has 148 valence electrons. The van der Waals surface area contributed by atoms with E-state index in [2.05, 4.69) is 11.9 Å². The van der Waals surface area contributed by atoms with E-state index in [1.54, 1.807) is 4.57 Å². The third kappa shape index (κ3) is 4.12. The zero-order valence-corrected chi connectivity index (χ0v) is 17.4. The summed E-state index contributed by atoms with van der Waals surface area (Å²) < 4.78 is 7.66. The normalized spacial score (nSPS) is 11.2. The van der Waals surface area contributed by atoms with Crippen LogP contribution in [0.3, 0.4) is 0 Å². The van der Waals surface area contributed by atoms with Crippen molar-refractivity contribution >= 4 is 22.7 Å². The molecule has 0 fully saturated rings. The van der Waals surface area contributed by atoms with Gasteiger partial charge >= 0.3 is 0 Å². The molecule has 0 spiro atoms. The van der Waals surface area contributed by atoms with Crippen LogP contribution in [0.2, 0.25) is 0 Å². The molecule has 6 heteroatoms. The lowest BCUT2D eigenvalue weighted by atomic mass is 10.2. The van der Waals surface area contributed by atoms with Gasteiger partial charge in [-0.05, 0) is 37.6 Å². The minimum Gasteiger partial charge on any atom is -0.441 e. The molecule has 5 nitrogen and oxygen atoms in total. The molecule has 0 saturated heterocycles. The molecule has 0 aliphatic rings. The Hall–Kier alpha value is -2.86. The Balaban J connectivity index is 1.64. The van der Waals surface area contributed by atoms with Crippen molar-refractivity contribution in [1.82, 2.24) is 14.5 Å². The maximum Gasteiger partial charge on any atom is 0.262 e. The Bertz CT molecular complexity index is 1180. The standard InChI is InChI=1S/C23H23N3O2S/c1-3-4-14-26-22(27)18-12-8-9-13-19(18)25-23(26)29-15-20-16(2)28-21(24-20)17-10-6-5-7-11-17/h5-13H,3-4,14-15H2,1-2H3. The van der Waals surface area contributed by atoms with Crippen LogP contribution in [0.5, 0.6) is 0 Å². The minimum atomic E-state index is 0.0217. The molecule has 0 aliphatic carbocycles. The molecule has 0 unspecified atom stereocenters. The van der Waals surface area contributed by atoms with Crippen molar-refractivity contribution in [2.24, 2.45) is 0 Å². The maximum absolute atomic E-state index is 13.0. The fourth-order valence-corrected chi connectivity index (χ4v) is 4.20. The first-order valence-electron chi connectivity index (χ1n) is 9.81. The monoisotopic (exact) mass is 405 g/mol. The van der Waals surface area contributed by atoms with Gasteiger partial charge in [-0.25, -0.2) is 9.97 Å². The van der Waals surface area contributed by atoms with E-state index in [0.29, 0.717) is 23.6 Å². The van der Waals surface area contributed by atoms with Gasteiger partial charge in [0, 0.05) is 17.9 Å². The van der Waals surface area contributed by atoms with Crippen LogP contribution < -0.4 is 5.56 Å². The maximum atomic E-state index is 13.0. The number of aryl methyl sites for hydroxylation is 1. The lowest BCUT2D eigenvalue weighted by Gasteiger charge is -2.12. The number of unbranched alkanes of at least 4 members (excludes halogenated alkanes) is 1. The topological polar surface area (TPSA) is 60.9 Å². The fraction of sp³-hybridized carbons (Fsp3) is 0.261. The highest BCUT2D eigenvalue weighted by atomic mass is 32.2. The third-order valence-corrected chi connectivity index (χ3v) is 5.80. The largest absolute Gasteiger partial charge is 0.441 e. The number of oxazole rings is 1. The molecule has 0 amide bonds. The summed E-state index contributed by atoms with van der Waals surface area (Å²) in [6.45, 7) is 4.71. The molecule has 2 heterocycles. The van der Waals surface area contributed by atoms with E-state index in [1.807, 2.05) is 61.5 Å². The van der Waals surface area contributed by atoms with Crippen molar-refractivity contribution in [3.05, 3.63) is 76.4 Å². The van der Waals surface area contributed by atoms with Crippen molar-refractivity contribution in [2.75, 3.05) is 0 Å². The highest BCUT2D eigenvalue weighted by Crippen LogP contribution is 2.27. The van der Waals surface area contributed by atoms with Gasteiger partial charge in [0.25, 0.3) is 5.56 Å². The molecular formula is C23H23N3O2S. The number of benzene rings is 2. The summed E-state index contributed by atoms with van der Waals surface area (Å²) in [7, 11) is 0. The summed E-state index contributed by atoms with van der Waals surface area (Å²) in [6.07, 6.45) is 1.96. The van der Waals surface area contributed by atoms with Crippen LogP contribution in [0.4, 0.5) is 0 Å². The Morgan fingerprint density at radius 2 is 1.79 bits per heavy atom. The van der Waals surface area contributed by atoms with Gasteiger partial charge in [0.2, 0.25) is 5.89 Å². The van der Waals surface area contributed by atoms with E-state index in [-0.39, 0.29) is 5.56 Å². The van der Waals surface area contributed by atoms with Crippen LogP contribution in [0.15, 0.2) is 69.0 Å². The number of fused-ring (bicyclic) bond motifs is 1. The number of para-hydroxylation sites is 1. The van der Waals surface area contributed by atoms with Gasteiger partial charge in [-0.3, -0.25) is 9.36 Å². The molecule has 4 rings (SSSR count). The molecule has 0 radical (unpaired) electrons. The van der Waals surface area contributed by atoms with Crippen molar-refractivity contribution < 1.29 is 4.42 Å². The second kappa shape index (κ2) is 8.66. The molecule has 2 aromatic heterocycles. The van der Waals surface area contributed by atoms with Crippen LogP contribution in [0.25, 0.3) is 22.4 Å². The summed E-state index contributed by atoms with van der Waals surface area (Å²) in [5, 5.41) is 1.39. The molecule has 0 aliphatic heterocycles. The fourth-order valence-electron chi connectivity index (χ4n) is 3.17. The van der Waals surface area contributed by atoms with Gasteiger partial charge in [0.1, 0.15) is 5.76 Å². The second-order valence-electron chi connectivity index (χ2n) is 6.90. The van der Waals surface area contributed by atoms with Gasteiger partial charge in [0.05, 0.1) is 16.6 Å². The van der Waals surface area contributed by atoms with E-state index >= 15 is 0 Å². The highest BCUT2D eigenvalue weighted by molar-refractivity contribution is 7.98. The molecular weight excluding hydrogens is 382 g/mol. The van der Waals surface area contributed by atoms with E-state index in [4.69, 9.17) is 9.40 Å². The number of nitrogens with zero attached hydrogens (tertiary/aromatic N) is 3. The summed E-state index contributed by atoms with van der Waals surface area (Å²) in [4.78, 5) is 22.4. The average molecular weight is 406 g/mol. The Morgan fingerprint density at radius 3 is 2.59 bits per heavy atom. The average Bonchev–Trinajstić information content (AvgIpc) is 3.13. The van der Waals surface area contributed by atoms with Crippen LogP contribution in [0.1, 0.15) is 31.2 Å². The lowest BCUT2D eigenvalue weighted by Crippen LogP contribution is -2.23. The number of thioether (sulfide) groups is 1. The molecule has 0 N–H and O–H groups in total. The molecule has 0 atom stereocenters. The first kappa shape index (κ1) is 19.5. The molecule has 29 heavy (non-hydrogen) atoms. The second-order valence-corrected chi connectivity index (χ2v) is 7.84. The van der Waals surface area contributed by atoms with Crippen molar-refractivity contribution in [3.8, 4) is 11.5 Å². The van der Waals surface area contributed by atoms with Crippen molar-refractivity contribution in [1.29, 1.82) is 0 Å². The van der Waals surface area contributed by atoms with Crippen LogP contribution in [0, 0.1) is 6.92 Å². The quantitative estimate of drug-likeness (QED) is 0.302. The zero-order valence-electron chi connectivity index (χ0n) is 16.6. The van der Waals surface area contributed by atoms with E-state index in [9.17, 15) is 4.79 Å². The minimum absolute atomic E-state index is 0.0217. The molecule has 0 bridgehead atoms. The van der Waals surface area contributed by atoms with Crippen LogP contribution in [-0.4, -0.2) is 14.5 Å². The first-order valence-corrected chi connectivity index (χ1v) is 10.8. The number of hydrogen-bond acceptors (Lipinski definition) is 5. The lowest BCUT2D eigenvalue weighted by molar-refractivity contribution is 0.540. The number of rotatable bonds is 7. The van der Waals surface area contributed by atoms with E-state index in [0.717, 1.165) is 40.5 Å². The summed E-state index contributed by atoms with van der Waals surface area (Å²) >= 11 is 1.53. The molecule has 0 saturated carbocycles. The summed E-state index contributed by atoms with van der Waals surface area (Å²) in [6, 6.07) is 17.4. The Labute approximate surface area is 173 Å². The number of aromatic nitrogens is 3. The summed E-state index contributed by atoms with van der Waals surface area (Å²) in [5.41, 5.74) is 2.58. The van der Waals surface area contributed by atoms with Crippen molar-refractivity contribution in [2.45, 2.75) is 44.1 Å². The number of hydrogen-bond donors (Lipinski definition) is 0. The van der Waals surface area contributed by atoms with Gasteiger partial charge in [-0.15, -0.1) is 0 Å². The SMILES string of the molecule is CCCCn1c(SCc2nc(-c3ccccc3)oc2C)nc2ccccc2c1=O. The predicted molar refractivity (Wildman–Crippen MR) is 117 cm³/mol. The molecule has 2 aromatic carbocycles. The van der Waals surface area contributed by atoms with Gasteiger partial charge in [0.15, 0.2) is 5.16 Å². The van der Waals surface area contributed by atoms with Gasteiger partial charge in [-0.1, -0.05) is 55.4 Å². The Kier molecular flexibility index (Phi) is 5.81. The third-order valence-electron chi connectivity index (χ3n) is 4.81. The molecule has 4 aromatic rings. The summed E-state index contributed by atoms with van der Waals surface area (Å²) in [5.74, 6) is 2.01. The van der Waals surface area contributed by atoms with Gasteiger partial charge < -0.3 is 4.42 Å². The van der Waals surface area contributed by atoms with E-state index in [1.165, 1.54) is 11.8 Å². The first-order chi connectivity index (χ1) is 14.2. The van der Waals surface area contributed by atoms with Crippen molar-refractivity contribution in [3.63, 3.8) is 0 Å². The Morgan fingerprint density at radius 1 is 1.03 bits per heavy atom. The van der Waals surface area contributed by atoms with E-state index < -0.39 is 0 Å². The zero-order chi connectivity index (χ0) is 20.2. The highest BCUT2D eigenvalue weighted by Gasteiger charge is 2.15. The van der Waals surface area contributed by atoms with Crippen LogP contribution in [-0.2, 0) is 12.3 Å².